The largest absolute Gasteiger partial charge is 0.0622 e. The van der Waals surface area contributed by atoms with Gasteiger partial charge in [-0.2, -0.15) is 0 Å². The van der Waals surface area contributed by atoms with E-state index in [4.69, 9.17) is 0 Å². The zero-order chi connectivity index (χ0) is 41.4. The molecule has 61 heavy (non-hydrogen) atoms. The first-order chi connectivity index (χ1) is 30.2. The first-order valence-electron chi connectivity index (χ1n) is 21.8. The van der Waals surface area contributed by atoms with Gasteiger partial charge in [-0.15, -0.1) is 0 Å². The van der Waals surface area contributed by atoms with Crippen molar-refractivity contribution in [1.29, 1.82) is 0 Å². The SMILES string of the molecule is c1ccc(P(CC[Si](CCP(c2ccccc2)c2ccccc2)(CCP(c2ccccc2)c2ccccc2)CCP(c2ccccc2)c2ccccc2)c2ccccc2)cc1. The molecule has 0 radical (unpaired) electrons. The first-order valence-corrected chi connectivity index (χ1v) is 30.7. The molecule has 0 saturated carbocycles. The molecule has 0 fully saturated rings. The van der Waals surface area contributed by atoms with Crippen molar-refractivity contribution in [3.63, 3.8) is 0 Å². The van der Waals surface area contributed by atoms with Crippen molar-refractivity contribution in [3.05, 3.63) is 243 Å². The minimum Gasteiger partial charge on any atom is -0.0622 e. The Morgan fingerprint density at radius 3 is 0.459 bits per heavy atom. The van der Waals surface area contributed by atoms with E-state index in [2.05, 4.69) is 243 Å². The third-order valence-electron chi connectivity index (χ3n) is 12.0. The fraction of sp³-hybridized carbons (Fsp3) is 0.143. The Morgan fingerprint density at radius 1 is 0.197 bits per heavy atom. The van der Waals surface area contributed by atoms with Gasteiger partial charge in [0.2, 0.25) is 0 Å². The standard InChI is InChI=1S/C56H56P4Si/c1-9-25-49(26-10-1)57(50-27-11-2-12-28-50)41-45-61(46-42-58(51-29-13-3-14-30-51)52-31-15-4-16-32-52,47-43-59(53-33-17-5-18-34-53)54-35-19-6-20-36-54)48-44-60(55-37-21-7-22-38-55)56-39-23-8-24-40-56/h1-40H,41-48H2. The van der Waals surface area contributed by atoms with Crippen LogP contribution in [-0.2, 0) is 0 Å². The average Bonchev–Trinajstić information content (AvgIpc) is 3.34. The van der Waals surface area contributed by atoms with Crippen molar-refractivity contribution in [3.8, 4) is 0 Å². The summed E-state index contributed by atoms with van der Waals surface area (Å²) in [5.41, 5.74) is 0. The highest BCUT2D eigenvalue weighted by atomic mass is 31.1. The third kappa shape index (κ3) is 12.0. The van der Waals surface area contributed by atoms with Crippen molar-refractivity contribution >= 4 is 82.2 Å². The number of hydrogen-bond acceptors (Lipinski definition) is 0. The zero-order valence-electron chi connectivity index (χ0n) is 35.0. The second-order valence-corrected chi connectivity index (χ2v) is 30.1. The monoisotopic (exact) mass is 880 g/mol. The van der Waals surface area contributed by atoms with Crippen LogP contribution in [-0.4, -0.2) is 32.7 Å². The smallest absolute Gasteiger partial charge is 0.0550 e. The molecular weight excluding hydrogens is 825 g/mol. The summed E-state index contributed by atoms with van der Waals surface area (Å²) >= 11 is 0. The maximum atomic E-state index is 2.40. The number of hydrogen-bond donors (Lipinski definition) is 0. The fourth-order valence-electron chi connectivity index (χ4n) is 8.64. The van der Waals surface area contributed by atoms with E-state index in [-0.39, 0.29) is 0 Å². The molecule has 0 heterocycles. The van der Waals surface area contributed by atoms with Gasteiger partial charge >= 0.3 is 0 Å². The number of rotatable bonds is 20. The highest BCUT2D eigenvalue weighted by molar-refractivity contribution is 7.74. The molecule has 8 aromatic carbocycles. The van der Waals surface area contributed by atoms with Crippen molar-refractivity contribution in [1.82, 2.24) is 0 Å². The summed E-state index contributed by atoms with van der Waals surface area (Å²) < 4.78 is 0. The van der Waals surface area contributed by atoms with E-state index in [1.807, 2.05) is 0 Å². The molecule has 5 heteroatoms. The summed E-state index contributed by atoms with van der Waals surface area (Å²) in [5.74, 6) is 0. The van der Waals surface area contributed by atoms with Crippen molar-refractivity contribution in [2.24, 2.45) is 0 Å². The van der Waals surface area contributed by atoms with Crippen LogP contribution < -0.4 is 42.4 Å². The third-order valence-corrected chi connectivity index (χ3v) is 29.0. The van der Waals surface area contributed by atoms with Gasteiger partial charge in [0.15, 0.2) is 0 Å². The lowest BCUT2D eigenvalue weighted by Crippen LogP contribution is -2.40. The molecule has 8 aromatic rings. The topological polar surface area (TPSA) is 0 Å². The van der Waals surface area contributed by atoms with Gasteiger partial charge in [0.1, 0.15) is 0 Å². The van der Waals surface area contributed by atoms with E-state index in [9.17, 15) is 0 Å². The van der Waals surface area contributed by atoms with Gasteiger partial charge in [0, 0.05) is 0 Å². The molecule has 8 rings (SSSR count). The Bertz CT molecular complexity index is 1910. The first kappa shape index (κ1) is 43.3. The van der Waals surface area contributed by atoms with Crippen LogP contribution in [0.15, 0.2) is 243 Å². The molecule has 304 valence electrons. The van der Waals surface area contributed by atoms with Crippen molar-refractivity contribution < 1.29 is 0 Å². The lowest BCUT2D eigenvalue weighted by atomic mass is 10.4. The molecule has 0 aliphatic carbocycles. The molecular formula is C56H56P4Si. The maximum Gasteiger partial charge on any atom is 0.0550 e. The lowest BCUT2D eigenvalue weighted by molar-refractivity contribution is 1.13. The summed E-state index contributed by atoms with van der Waals surface area (Å²) in [4.78, 5) is 0. The van der Waals surface area contributed by atoms with Crippen LogP contribution >= 0.6 is 31.7 Å². The minimum atomic E-state index is -2.04. The normalized spacial score (nSPS) is 11.7. The van der Waals surface area contributed by atoms with Gasteiger partial charge in [0.25, 0.3) is 0 Å². The molecule has 0 unspecified atom stereocenters. The fourth-order valence-corrected chi connectivity index (χ4v) is 28.8. The Morgan fingerprint density at radius 2 is 0.328 bits per heavy atom. The Balaban J connectivity index is 1.23. The average molecular weight is 881 g/mol. The molecule has 0 aromatic heterocycles. The predicted octanol–water partition coefficient (Wildman–Crippen LogP) is 12.0. The van der Waals surface area contributed by atoms with Gasteiger partial charge in [0.05, 0.1) is 8.07 Å². The highest BCUT2D eigenvalue weighted by Crippen LogP contribution is 2.47. The Hall–Kier alpha value is -4.30. The molecule has 0 aliphatic rings. The van der Waals surface area contributed by atoms with Gasteiger partial charge in [-0.3, -0.25) is 0 Å². The summed E-state index contributed by atoms with van der Waals surface area (Å²) in [7, 11) is -4.07. The van der Waals surface area contributed by atoms with Crippen LogP contribution in [0.4, 0.5) is 0 Å². The molecule has 0 nitrogen and oxygen atoms in total. The summed E-state index contributed by atoms with van der Waals surface area (Å²) in [5, 5.41) is 12.1. The van der Waals surface area contributed by atoms with Crippen LogP contribution in [0.1, 0.15) is 0 Å². The van der Waals surface area contributed by atoms with E-state index in [0.717, 1.165) is 0 Å². The Labute approximate surface area is 371 Å². The van der Waals surface area contributed by atoms with E-state index in [1.54, 1.807) is 0 Å². The van der Waals surface area contributed by atoms with Crippen molar-refractivity contribution in [2.45, 2.75) is 24.2 Å². The predicted molar refractivity (Wildman–Crippen MR) is 281 cm³/mol. The maximum absolute atomic E-state index is 2.40. The van der Waals surface area contributed by atoms with Crippen molar-refractivity contribution in [2.75, 3.05) is 24.6 Å². The molecule has 0 aliphatic heterocycles. The van der Waals surface area contributed by atoms with Gasteiger partial charge < -0.3 is 0 Å². The summed E-state index contributed by atoms with van der Waals surface area (Å²) in [6.07, 6.45) is 4.97. The summed E-state index contributed by atoms with van der Waals surface area (Å²) in [6, 6.07) is 97.4. The molecule has 0 saturated heterocycles. The van der Waals surface area contributed by atoms with Crippen LogP contribution in [0, 0.1) is 0 Å². The quantitative estimate of drug-likeness (QED) is 0.0529. The van der Waals surface area contributed by atoms with Gasteiger partial charge in [-0.05, 0) is 98.8 Å². The minimum absolute atomic E-state index is 0.506. The second kappa shape index (κ2) is 22.7. The lowest BCUT2D eigenvalue weighted by Gasteiger charge is -2.38. The molecule has 0 spiro atoms. The number of benzene rings is 8. The van der Waals surface area contributed by atoms with E-state index < -0.39 is 39.8 Å². The van der Waals surface area contributed by atoms with Crippen LogP contribution in [0.2, 0.25) is 24.2 Å². The highest BCUT2D eigenvalue weighted by Gasteiger charge is 2.36. The molecule has 0 atom stereocenters. The summed E-state index contributed by atoms with van der Waals surface area (Å²) in [6.45, 7) is 0. The van der Waals surface area contributed by atoms with E-state index in [0.29, 0.717) is 0 Å². The molecule has 0 amide bonds. The van der Waals surface area contributed by atoms with Gasteiger partial charge in [-0.1, -0.05) is 267 Å². The van der Waals surface area contributed by atoms with Crippen LogP contribution in [0.3, 0.4) is 0 Å². The zero-order valence-corrected chi connectivity index (χ0v) is 39.6. The molecule has 0 N–H and O–H groups in total. The van der Waals surface area contributed by atoms with Crippen LogP contribution in [0.25, 0.3) is 0 Å². The Kier molecular flexibility index (Phi) is 16.1. The van der Waals surface area contributed by atoms with Crippen LogP contribution in [0.5, 0.6) is 0 Å². The van der Waals surface area contributed by atoms with E-state index >= 15 is 0 Å². The molecule has 0 bridgehead atoms. The van der Waals surface area contributed by atoms with E-state index in [1.165, 1.54) is 91.3 Å². The van der Waals surface area contributed by atoms with Gasteiger partial charge in [-0.25, -0.2) is 0 Å². The second-order valence-electron chi connectivity index (χ2n) is 15.8.